The minimum absolute atomic E-state index is 0. The van der Waals surface area contributed by atoms with E-state index in [4.69, 9.17) is 5.21 Å². The van der Waals surface area contributed by atoms with Gasteiger partial charge in [0.05, 0.1) is 20.7 Å². The van der Waals surface area contributed by atoms with E-state index in [1.807, 2.05) is 28.6 Å². The number of methoxy groups -OCH3 is 1. The highest BCUT2D eigenvalue weighted by atomic mass is 35.5. The highest BCUT2D eigenvalue weighted by Crippen LogP contribution is 2.04. The van der Waals surface area contributed by atoms with Crippen LogP contribution in [0.2, 0.25) is 0 Å². The number of oxime groups is 1. The number of rotatable bonds is 7. The second-order valence-electron chi connectivity index (χ2n) is 4.09. The Bertz CT molecular complexity index is 418. The lowest BCUT2D eigenvalue weighted by atomic mass is 10.2. The first-order chi connectivity index (χ1) is 8.69. The minimum atomic E-state index is -0.157. The van der Waals surface area contributed by atoms with Gasteiger partial charge in [0.15, 0.2) is 6.21 Å². The number of aromatic nitrogens is 2. The van der Waals surface area contributed by atoms with E-state index in [-0.39, 0.29) is 18.4 Å². The molecule has 1 aromatic rings. The molecule has 0 aromatic carbocycles. The van der Waals surface area contributed by atoms with Crippen LogP contribution in [0, 0.1) is 0 Å². The van der Waals surface area contributed by atoms with Gasteiger partial charge in [-0.25, -0.2) is 9.13 Å². The number of carbonyl (C=O) groups excluding carboxylic acids is 1. The average molecular weight is 290 g/mol. The quantitative estimate of drug-likeness (QED) is 0.156. The molecule has 0 saturated carbocycles. The van der Waals surface area contributed by atoms with Gasteiger partial charge in [0.25, 0.3) is 0 Å². The van der Waals surface area contributed by atoms with Crippen LogP contribution in [-0.4, -0.2) is 29.1 Å². The van der Waals surface area contributed by atoms with E-state index in [0.717, 1.165) is 31.6 Å². The van der Waals surface area contributed by atoms with Gasteiger partial charge in [0, 0.05) is 6.42 Å². The molecule has 19 heavy (non-hydrogen) atoms. The molecule has 0 fully saturated rings. The van der Waals surface area contributed by atoms with Gasteiger partial charge < -0.3 is 22.4 Å². The second-order valence-corrected chi connectivity index (χ2v) is 4.09. The predicted octanol–water partition coefficient (Wildman–Crippen LogP) is -2.14. The molecule has 0 radical (unpaired) electrons. The summed E-state index contributed by atoms with van der Waals surface area (Å²) in [6.45, 7) is 0.837. The maximum Gasteiger partial charge on any atom is 0.305 e. The van der Waals surface area contributed by atoms with Crippen LogP contribution in [0.15, 0.2) is 17.5 Å². The van der Waals surface area contributed by atoms with Crippen LogP contribution in [0.1, 0.15) is 31.5 Å². The molecule has 7 heteroatoms. The molecule has 0 atom stereocenters. The molecule has 1 heterocycles. The fourth-order valence-corrected chi connectivity index (χ4v) is 1.77. The molecule has 0 amide bonds. The van der Waals surface area contributed by atoms with Crippen LogP contribution in [0.3, 0.4) is 0 Å². The Morgan fingerprint density at radius 3 is 2.89 bits per heavy atom. The van der Waals surface area contributed by atoms with Gasteiger partial charge in [-0.3, -0.25) is 4.79 Å². The predicted molar refractivity (Wildman–Crippen MR) is 65.5 cm³/mol. The van der Waals surface area contributed by atoms with Crippen molar-refractivity contribution < 1.29 is 31.7 Å². The molecule has 108 valence electrons. The molecule has 0 bridgehead atoms. The number of hydrogen-bond donors (Lipinski definition) is 1. The molecule has 0 unspecified atom stereocenters. The zero-order chi connectivity index (χ0) is 13.4. The van der Waals surface area contributed by atoms with E-state index in [0.29, 0.717) is 6.42 Å². The number of aryl methyl sites for hydroxylation is 2. The summed E-state index contributed by atoms with van der Waals surface area (Å²) in [4.78, 5) is 10.9. The monoisotopic (exact) mass is 289 g/mol. The smallest absolute Gasteiger partial charge is 0.305 e. The first-order valence-electron chi connectivity index (χ1n) is 5.98. The topological polar surface area (TPSA) is 67.7 Å². The van der Waals surface area contributed by atoms with E-state index in [2.05, 4.69) is 9.89 Å². The van der Waals surface area contributed by atoms with Crippen LogP contribution < -0.4 is 17.0 Å². The van der Waals surface area contributed by atoms with Crippen molar-refractivity contribution in [2.45, 2.75) is 32.2 Å². The molecule has 0 aliphatic rings. The number of nitrogens with zero attached hydrogens (tertiary/aromatic N) is 3. The van der Waals surface area contributed by atoms with Crippen molar-refractivity contribution in [2.75, 3.05) is 7.11 Å². The standard InChI is InChI=1S/C12H19N3O3.ClH/c1-14-8-9-15(11(14)10-13-17)7-5-3-4-6-12(16)18-2;/h8-10H,3-7H2,1-2H3;1H. The van der Waals surface area contributed by atoms with Gasteiger partial charge in [0.2, 0.25) is 0 Å². The average Bonchev–Trinajstić information content (AvgIpc) is 2.71. The molecular weight excluding hydrogens is 270 g/mol. The van der Waals surface area contributed by atoms with Crippen molar-refractivity contribution in [2.24, 2.45) is 12.2 Å². The summed E-state index contributed by atoms with van der Waals surface area (Å²) in [7, 11) is 3.30. The normalized spacial score (nSPS) is 10.4. The summed E-state index contributed by atoms with van der Waals surface area (Å²) in [5, 5.41) is 11.6. The number of halogens is 1. The van der Waals surface area contributed by atoms with Crippen LogP contribution >= 0.6 is 0 Å². The van der Waals surface area contributed by atoms with Crippen molar-refractivity contribution in [3.05, 3.63) is 18.2 Å². The second kappa shape index (κ2) is 9.38. The summed E-state index contributed by atoms with van der Waals surface area (Å²) in [6, 6.07) is 0. The van der Waals surface area contributed by atoms with Gasteiger partial charge in [-0.1, -0.05) is 5.16 Å². The molecule has 6 nitrogen and oxygen atoms in total. The number of carbonyl (C=O) groups is 1. The van der Waals surface area contributed by atoms with Crippen LogP contribution in [-0.2, 0) is 23.1 Å². The van der Waals surface area contributed by atoms with E-state index in [1.54, 1.807) is 0 Å². The molecule has 0 saturated heterocycles. The van der Waals surface area contributed by atoms with Crippen molar-refractivity contribution in [1.82, 2.24) is 4.57 Å². The zero-order valence-corrected chi connectivity index (χ0v) is 12.0. The lowest BCUT2D eigenvalue weighted by molar-refractivity contribution is -0.671. The lowest BCUT2D eigenvalue weighted by Gasteiger charge is -2.00. The Morgan fingerprint density at radius 1 is 1.53 bits per heavy atom. The molecular formula is C12H20ClN3O3. The van der Waals surface area contributed by atoms with Gasteiger partial charge in [-0.15, -0.1) is 0 Å². The van der Waals surface area contributed by atoms with E-state index < -0.39 is 0 Å². The molecule has 0 spiro atoms. The first kappa shape index (κ1) is 17.4. The molecule has 1 aromatic heterocycles. The third-order valence-corrected chi connectivity index (χ3v) is 2.81. The third kappa shape index (κ3) is 5.74. The maximum atomic E-state index is 10.9. The first-order valence-corrected chi connectivity index (χ1v) is 5.98. The molecule has 1 rings (SSSR count). The van der Waals surface area contributed by atoms with E-state index in [9.17, 15) is 4.79 Å². The van der Waals surface area contributed by atoms with Gasteiger partial charge in [0.1, 0.15) is 12.4 Å². The maximum absolute atomic E-state index is 10.9. The van der Waals surface area contributed by atoms with Gasteiger partial charge >= 0.3 is 11.8 Å². The SMILES string of the molecule is COC(=O)CCCCCn1cc[n+](C)c1/C=N/O.[Cl-]. The van der Waals surface area contributed by atoms with Crippen molar-refractivity contribution in [1.29, 1.82) is 0 Å². The zero-order valence-electron chi connectivity index (χ0n) is 11.3. The highest BCUT2D eigenvalue weighted by molar-refractivity contribution is 5.72. The third-order valence-electron chi connectivity index (χ3n) is 2.81. The largest absolute Gasteiger partial charge is 1.00 e. The van der Waals surface area contributed by atoms with Crippen LogP contribution in [0.4, 0.5) is 0 Å². The Hall–Kier alpha value is -1.56. The summed E-state index contributed by atoms with van der Waals surface area (Å²) in [5.74, 6) is 0.681. The van der Waals surface area contributed by atoms with Crippen molar-refractivity contribution in [3.63, 3.8) is 0 Å². The van der Waals surface area contributed by atoms with E-state index >= 15 is 0 Å². The van der Waals surface area contributed by atoms with Crippen LogP contribution in [0.25, 0.3) is 0 Å². The van der Waals surface area contributed by atoms with Crippen LogP contribution in [0.5, 0.6) is 0 Å². The van der Waals surface area contributed by atoms with Crippen molar-refractivity contribution >= 4 is 12.2 Å². The Labute approximate surface area is 119 Å². The summed E-state index contributed by atoms with van der Waals surface area (Å²) >= 11 is 0. The Balaban J connectivity index is 0.00000324. The van der Waals surface area contributed by atoms with Gasteiger partial charge in [-0.05, 0) is 19.3 Å². The number of ether oxygens (including phenoxy) is 1. The molecule has 0 aliphatic heterocycles. The minimum Gasteiger partial charge on any atom is -1.00 e. The van der Waals surface area contributed by atoms with Crippen molar-refractivity contribution in [3.8, 4) is 0 Å². The fraction of sp³-hybridized carbons (Fsp3) is 0.583. The summed E-state index contributed by atoms with van der Waals surface area (Å²) in [5.41, 5.74) is 0. The lowest BCUT2D eigenvalue weighted by Crippen LogP contribution is -3.00. The number of unbranched alkanes of at least 4 members (excludes halogenated alkanes) is 2. The summed E-state index contributed by atoms with van der Waals surface area (Å²) < 4.78 is 8.47. The number of esters is 1. The molecule has 0 aliphatic carbocycles. The highest BCUT2D eigenvalue weighted by Gasteiger charge is 2.11. The summed E-state index contributed by atoms with van der Waals surface area (Å²) in [6.07, 6.45) is 8.51. The van der Waals surface area contributed by atoms with Gasteiger partial charge in [-0.2, -0.15) is 0 Å². The Kier molecular flexibility index (Phi) is 8.61. The fourth-order valence-electron chi connectivity index (χ4n) is 1.77. The van der Waals surface area contributed by atoms with E-state index in [1.165, 1.54) is 13.3 Å². The molecule has 1 N–H and O–H groups in total. The number of hydrogen-bond acceptors (Lipinski definition) is 4. The number of imidazole rings is 1. The Morgan fingerprint density at radius 2 is 2.26 bits per heavy atom.